The minimum atomic E-state index is -4.39. The number of alkyl halides is 3. The van der Waals surface area contributed by atoms with Crippen molar-refractivity contribution in [3.63, 3.8) is 0 Å². The van der Waals surface area contributed by atoms with E-state index in [2.05, 4.69) is 15.0 Å². The van der Waals surface area contributed by atoms with Gasteiger partial charge in [0.2, 0.25) is 5.91 Å². The molecule has 0 saturated carbocycles. The number of hydrogen-bond acceptors (Lipinski definition) is 4. The normalized spacial score (nSPS) is 11.7. The van der Waals surface area contributed by atoms with Gasteiger partial charge in [0.1, 0.15) is 12.1 Å². The molecule has 0 aliphatic carbocycles. The smallest absolute Gasteiger partial charge is 0.347 e. The Balaban J connectivity index is 1.96. The molecule has 0 aliphatic rings. The quantitative estimate of drug-likeness (QED) is 0.729. The van der Waals surface area contributed by atoms with Gasteiger partial charge in [-0.1, -0.05) is 12.1 Å². The van der Waals surface area contributed by atoms with Gasteiger partial charge >= 0.3 is 6.18 Å². The number of imidazole rings is 1. The molecule has 0 spiro atoms. The first kappa shape index (κ1) is 16.9. The molecule has 3 aromatic rings. The SMILES string of the molecule is CN(C)C(=O)Cn1cnc2cnc(-c3ccc(C(F)(F)F)cc3)nc21. The lowest BCUT2D eigenvalue weighted by Gasteiger charge is -2.11. The Labute approximate surface area is 140 Å². The molecule has 1 amide bonds. The molecule has 0 saturated heterocycles. The lowest BCUT2D eigenvalue weighted by Crippen LogP contribution is -2.26. The summed E-state index contributed by atoms with van der Waals surface area (Å²) in [5.74, 6) is 0.134. The fourth-order valence-corrected chi connectivity index (χ4v) is 2.21. The Hall–Kier alpha value is -2.97. The molecule has 9 heteroatoms. The summed E-state index contributed by atoms with van der Waals surface area (Å²) >= 11 is 0. The molecular weight excluding hydrogens is 335 g/mol. The third kappa shape index (κ3) is 3.44. The Kier molecular flexibility index (Phi) is 4.15. The molecule has 3 rings (SSSR count). The zero-order valence-electron chi connectivity index (χ0n) is 13.4. The van der Waals surface area contributed by atoms with E-state index in [1.807, 2.05) is 0 Å². The maximum Gasteiger partial charge on any atom is 0.416 e. The van der Waals surface area contributed by atoms with Crippen molar-refractivity contribution in [2.75, 3.05) is 14.1 Å². The number of aromatic nitrogens is 4. The minimum absolute atomic E-state index is 0.0625. The van der Waals surface area contributed by atoms with E-state index in [1.165, 1.54) is 29.6 Å². The standard InChI is InChI=1S/C16H14F3N5O/c1-23(2)13(25)8-24-9-21-12-7-20-14(22-15(12)24)10-3-5-11(6-4-10)16(17,18)19/h3-7,9H,8H2,1-2H3. The van der Waals surface area contributed by atoms with Gasteiger partial charge in [-0.2, -0.15) is 13.2 Å². The zero-order valence-corrected chi connectivity index (χ0v) is 13.4. The summed E-state index contributed by atoms with van der Waals surface area (Å²) in [6.45, 7) is 0.0625. The van der Waals surface area contributed by atoms with Crippen LogP contribution in [0.15, 0.2) is 36.8 Å². The number of benzene rings is 1. The van der Waals surface area contributed by atoms with Crippen molar-refractivity contribution in [3.8, 4) is 11.4 Å². The first-order valence-corrected chi connectivity index (χ1v) is 7.31. The van der Waals surface area contributed by atoms with Crippen molar-refractivity contribution in [2.45, 2.75) is 12.7 Å². The average molecular weight is 349 g/mol. The summed E-state index contributed by atoms with van der Waals surface area (Å²) in [5.41, 5.74) is 0.655. The molecule has 0 aliphatic heterocycles. The van der Waals surface area contributed by atoms with Crippen molar-refractivity contribution < 1.29 is 18.0 Å². The van der Waals surface area contributed by atoms with Crippen LogP contribution >= 0.6 is 0 Å². The number of nitrogens with zero attached hydrogens (tertiary/aromatic N) is 5. The van der Waals surface area contributed by atoms with Gasteiger partial charge < -0.3 is 9.47 Å². The number of likely N-dealkylation sites (N-methyl/N-ethyl adjacent to an activating group) is 1. The Bertz CT molecular complexity index is 916. The fourth-order valence-electron chi connectivity index (χ4n) is 2.21. The highest BCUT2D eigenvalue weighted by Gasteiger charge is 2.30. The second-order valence-electron chi connectivity index (χ2n) is 5.64. The van der Waals surface area contributed by atoms with Crippen LogP contribution < -0.4 is 0 Å². The number of amides is 1. The first-order chi connectivity index (χ1) is 11.8. The molecule has 0 unspecified atom stereocenters. The summed E-state index contributed by atoms with van der Waals surface area (Å²) in [6.07, 6.45) is -1.43. The molecule has 0 bridgehead atoms. The molecule has 25 heavy (non-hydrogen) atoms. The topological polar surface area (TPSA) is 63.9 Å². The van der Waals surface area contributed by atoms with Gasteiger partial charge in [0.25, 0.3) is 0 Å². The lowest BCUT2D eigenvalue weighted by molar-refractivity contribution is -0.137. The first-order valence-electron chi connectivity index (χ1n) is 7.31. The molecule has 2 heterocycles. The number of hydrogen-bond donors (Lipinski definition) is 0. The molecule has 0 fully saturated rings. The van der Waals surface area contributed by atoms with Crippen molar-refractivity contribution in [1.29, 1.82) is 0 Å². The molecule has 130 valence electrons. The predicted octanol–water partition coefficient (Wildman–Crippen LogP) is 2.60. The maximum absolute atomic E-state index is 12.6. The summed E-state index contributed by atoms with van der Waals surface area (Å²) in [7, 11) is 3.29. The van der Waals surface area contributed by atoms with Gasteiger partial charge in [0.15, 0.2) is 11.5 Å². The zero-order chi connectivity index (χ0) is 18.2. The summed E-state index contributed by atoms with van der Waals surface area (Å²) < 4.78 is 39.5. The Morgan fingerprint density at radius 2 is 1.84 bits per heavy atom. The number of carbonyl (C=O) groups excluding carboxylic acids is 1. The van der Waals surface area contributed by atoms with Crippen LogP contribution in [-0.2, 0) is 17.5 Å². The Morgan fingerprint density at radius 1 is 1.16 bits per heavy atom. The summed E-state index contributed by atoms with van der Waals surface area (Å²) in [4.78, 5) is 25.9. The highest BCUT2D eigenvalue weighted by Crippen LogP contribution is 2.30. The van der Waals surface area contributed by atoms with Crippen LogP contribution in [0.5, 0.6) is 0 Å². The van der Waals surface area contributed by atoms with Gasteiger partial charge in [0.05, 0.1) is 18.1 Å². The molecule has 2 aromatic heterocycles. The monoisotopic (exact) mass is 349 g/mol. The van der Waals surface area contributed by atoms with E-state index in [1.54, 1.807) is 18.7 Å². The second kappa shape index (κ2) is 6.15. The van der Waals surface area contributed by atoms with E-state index < -0.39 is 11.7 Å². The largest absolute Gasteiger partial charge is 0.416 e. The van der Waals surface area contributed by atoms with Crippen molar-refractivity contribution in [1.82, 2.24) is 24.4 Å². The van der Waals surface area contributed by atoms with Crippen molar-refractivity contribution in [2.24, 2.45) is 0 Å². The van der Waals surface area contributed by atoms with E-state index in [9.17, 15) is 18.0 Å². The van der Waals surface area contributed by atoms with E-state index in [0.717, 1.165) is 12.1 Å². The second-order valence-corrected chi connectivity index (χ2v) is 5.64. The van der Waals surface area contributed by atoms with Gasteiger partial charge in [-0.05, 0) is 12.1 Å². The molecule has 0 N–H and O–H groups in total. The average Bonchev–Trinajstić information content (AvgIpc) is 2.96. The van der Waals surface area contributed by atoms with E-state index in [-0.39, 0.29) is 18.3 Å². The molecule has 0 atom stereocenters. The van der Waals surface area contributed by atoms with Crippen molar-refractivity contribution >= 4 is 17.1 Å². The third-order valence-electron chi connectivity index (χ3n) is 3.63. The number of halogens is 3. The summed E-state index contributed by atoms with van der Waals surface area (Å²) in [5, 5.41) is 0. The fraction of sp³-hybridized carbons (Fsp3) is 0.250. The Morgan fingerprint density at radius 3 is 2.44 bits per heavy atom. The molecule has 0 radical (unpaired) electrons. The van der Waals surface area contributed by atoms with Crippen LogP contribution in [0.3, 0.4) is 0 Å². The van der Waals surface area contributed by atoms with E-state index >= 15 is 0 Å². The lowest BCUT2D eigenvalue weighted by atomic mass is 10.1. The molecule has 1 aromatic carbocycles. The van der Waals surface area contributed by atoms with Crippen LogP contribution in [0.25, 0.3) is 22.6 Å². The maximum atomic E-state index is 12.6. The van der Waals surface area contributed by atoms with Crippen LogP contribution in [-0.4, -0.2) is 44.4 Å². The van der Waals surface area contributed by atoms with E-state index in [0.29, 0.717) is 16.7 Å². The van der Waals surface area contributed by atoms with Crippen LogP contribution in [0.2, 0.25) is 0 Å². The minimum Gasteiger partial charge on any atom is -0.347 e. The van der Waals surface area contributed by atoms with Crippen LogP contribution in [0.4, 0.5) is 13.2 Å². The highest BCUT2D eigenvalue weighted by atomic mass is 19.4. The number of fused-ring (bicyclic) bond motifs is 1. The predicted molar refractivity (Wildman–Crippen MR) is 84.5 cm³/mol. The number of rotatable bonds is 3. The number of carbonyl (C=O) groups is 1. The van der Waals surface area contributed by atoms with Crippen LogP contribution in [0, 0.1) is 0 Å². The van der Waals surface area contributed by atoms with Crippen LogP contribution in [0.1, 0.15) is 5.56 Å². The van der Waals surface area contributed by atoms with Gasteiger partial charge in [-0.25, -0.2) is 15.0 Å². The van der Waals surface area contributed by atoms with Gasteiger partial charge in [-0.3, -0.25) is 4.79 Å². The van der Waals surface area contributed by atoms with Gasteiger partial charge in [-0.15, -0.1) is 0 Å². The van der Waals surface area contributed by atoms with Gasteiger partial charge in [0, 0.05) is 19.7 Å². The summed E-state index contributed by atoms with van der Waals surface area (Å²) in [6, 6.07) is 4.59. The van der Waals surface area contributed by atoms with E-state index in [4.69, 9.17) is 0 Å². The molecular formula is C16H14F3N5O. The third-order valence-corrected chi connectivity index (χ3v) is 3.63. The van der Waals surface area contributed by atoms with Crippen molar-refractivity contribution in [3.05, 3.63) is 42.4 Å². The molecule has 6 nitrogen and oxygen atoms in total. The highest BCUT2D eigenvalue weighted by molar-refractivity contribution is 5.79.